The Morgan fingerprint density at radius 1 is 1.19 bits per heavy atom. The molecule has 0 saturated heterocycles. The lowest BCUT2D eigenvalue weighted by molar-refractivity contribution is -0.115. The highest BCUT2D eigenvalue weighted by Crippen LogP contribution is 2.51. The Kier molecular flexibility index (Phi) is 4.44. The topological polar surface area (TPSA) is 55.1 Å². The summed E-state index contributed by atoms with van der Waals surface area (Å²) >= 11 is 0. The van der Waals surface area contributed by atoms with Gasteiger partial charge in [-0.15, -0.1) is 0 Å². The number of fused-ring (bicyclic) bond motifs is 1. The Morgan fingerprint density at radius 3 is 2.70 bits per heavy atom. The maximum absolute atomic E-state index is 14.5. The number of hydrogen-bond acceptors (Lipinski definition) is 2. The molecule has 1 aliphatic carbocycles. The number of amides is 1. The van der Waals surface area contributed by atoms with Gasteiger partial charge in [-0.3, -0.25) is 4.79 Å². The maximum atomic E-state index is 14.5. The Morgan fingerprint density at radius 2 is 1.96 bits per heavy atom. The smallest absolute Gasteiger partial charge is 0.228 e. The van der Waals surface area contributed by atoms with Crippen molar-refractivity contribution in [2.75, 3.05) is 5.32 Å². The molecule has 0 aliphatic heterocycles. The molecule has 1 fully saturated rings. The van der Waals surface area contributed by atoms with Crippen molar-refractivity contribution in [2.24, 2.45) is 5.73 Å². The van der Waals surface area contributed by atoms with Gasteiger partial charge in [-0.1, -0.05) is 55.5 Å². The summed E-state index contributed by atoms with van der Waals surface area (Å²) in [5, 5.41) is 4.83. The summed E-state index contributed by atoms with van der Waals surface area (Å²) in [5.41, 5.74) is 8.07. The Labute approximate surface area is 158 Å². The van der Waals surface area contributed by atoms with Crippen LogP contribution in [0.4, 0.5) is 10.1 Å². The molecular weight excluding hydrogens is 339 g/mol. The highest BCUT2D eigenvalue weighted by molar-refractivity contribution is 5.96. The van der Waals surface area contributed by atoms with Crippen LogP contribution in [0.3, 0.4) is 0 Å². The van der Waals surface area contributed by atoms with Gasteiger partial charge in [-0.2, -0.15) is 0 Å². The second-order valence-corrected chi connectivity index (χ2v) is 7.45. The van der Waals surface area contributed by atoms with Crippen molar-refractivity contribution < 1.29 is 9.18 Å². The van der Waals surface area contributed by atoms with Gasteiger partial charge in [0.05, 0.1) is 12.1 Å². The summed E-state index contributed by atoms with van der Waals surface area (Å²) in [6, 6.07) is 18.8. The number of carbonyl (C=O) groups is 1. The lowest BCUT2D eigenvalue weighted by Gasteiger charge is -2.11. The fourth-order valence-electron chi connectivity index (χ4n) is 3.83. The number of rotatable bonds is 5. The van der Waals surface area contributed by atoms with Crippen LogP contribution in [-0.2, 0) is 11.2 Å². The van der Waals surface area contributed by atoms with E-state index in [0.717, 1.165) is 34.7 Å². The van der Waals surface area contributed by atoms with E-state index in [-0.39, 0.29) is 29.5 Å². The average molecular weight is 362 g/mol. The second kappa shape index (κ2) is 6.78. The largest absolute Gasteiger partial charge is 0.325 e. The number of anilines is 1. The van der Waals surface area contributed by atoms with Crippen LogP contribution in [-0.4, -0.2) is 11.4 Å². The number of benzene rings is 3. The SMILES string of the molecule is CC[C@@]1(N)C[C@H]1c1ccc(NC(=O)Cc2cccc3ccccc23)c(F)c1. The molecule has 3 N–H and O–H groups in total. The van der Waals surface area contributed by atoms with Crippen LogP contribution in [0.15, 0.2) is 60.7 Å². The Bertz CT molecular complexity index is 1010. The van der Waals surface area contributed by atoms with Crippen LogP contribution < -0.4 is 11.1 Å². The molecule has 0 unspecified atom stereocenters. The maximum Gasteiger partial charge on any atom is 0.228 e. The minimum atomic E-state index is -0.413. The van der Waals surface area contributed by atoms with Gasteiger partial charge in [-0.05, 0) is 46.9 Å². The normalized spacial score (nSPS) is 21.2. The third kappa shape index (κ3) is 3.45. The third-order valence-corrected chi connectivity index (χ3v) is 5.68. The summed E-state index contributed by atoms with van der Waals surface area (Å²) in [6.45, 7) is 2.05. The molecular formula is C23H23FN2O. The van der Waals surface area contributed by atoms with E-state index in [1.54, 1.807) is 6.07 Å². The molecule has 0 aromatic heterocycles. The molecule has 1 saturated carbocycles. The number of hydrogen-bond donors (Lipinski definition) is 2. The van der Waals surface area contributed by atoms with Crippen molar-refractivity contribution in [3.63, 3.8) is 0 Å². The van der Waals surface area contributed by atoms with E-state index < -0.39 is 5.82 Å². The van der Waals surface area contributed by atoms with Crippen LogP contribution >= 0.6 is 0 Å². The van der Waals surface area contributed by atoms with Gasteiger partial charge >= 0.3 is 0 Å². The van der Waals surface area contributed by atoms with Crippen molar-refractivity contribution in [3.05, 3.63) is 77.6 Å². The first-order valence-corrected chi connectivity index (χ1v) is 9.35. The van der Waals surface area contributed by atoms with Crippen LogP contribution in [0.25, 0.3) is 10.8 Å². The molecule has 3 aromatic rings. The molecule has 3 aromatic carbocycles. The van der Waals surface area contributed by atoms with Crippen LogP contribution in [0.5, 0.6) is 0 Å². The first-order valence-electron chi connectivity index (χ1n) is 9.35. The number of carbonyl (C=O) groups excluding carboxylic acids is 1. The minimum Gasteiger partial charge on any atom is -0.325 e. The fraction of sp³-hybridized carbons (Fsp3) is 0.261. The molecule has 27 heavy (non-hydrogen) atoms. The van der Waals surface area contributed by atoms with Gasteiger partial charge in [0, 0.05) is 11.5 Å². The minimum absolute atomic E-state index is 0.201. The molecule has 3 nitrogen and oxygen atoms in total. The van der Waals surface area contributed by atoms with E-state index in [1.807, 2.05) is 48.5 Å². The van der Waals surface area contributed by atoms with Crippen molar-refractivity contribution >= 4 is 22.4 Å². The first-order chi connectivity index (χ1) is 13.0. The van der Waals surface area contributed by atoms with Gasteiger partial charge < -0.3 is 11.1 Å². The number of nitrogens with two attached hydrogens (primary N) is 1. The number of halogens is 1. The molecule has 4 rings (SSSR count). The lowest BCUT2D eigenvalue weighted by atomic mass is 10.0. The highest BCUT2D eigenvalue weighted by Gasteiger charge is 2.50. The summed E-state index contributed by atoms with van der Waals surface area (Å²) in [6.07, 6.45) is 1.96. The number of nitrogens with one attached hydrogen (secondary N) is 1. The van der Waals surface area contributed by atoms with Crippen molar-refractivity contribution in [2.45, 2.75) is 37.6 Å². The van der Waals surface area contributed by atoms with Gasteiger partial charge in [0.15, 0.2) is 0 Å². The molecule has 1 aliphatic rings. The predicted molar refractivity (Wildman–Crippen MR) is 107 cm³/mol. The summed E-state index contributed by atoms with van der Waals surface area (Å²) in [4.78, 5) is 12.5. The zero-order chi connectivity index (χ0) is 19.0. The Balaban J connectivity index is 1.48. The predicted octanol–water partition coefficient (Wildman–Crippen LogP) is 4.75. The van der Waals surface area contributed by atoms with Gasteiger partial charge in [0.1, 0.15) is 5.82 Å². The molecule has 1 amide bonds. The molecule has 2 atom stereocenters. The van der Waals surface area contributed by atoms with E-state index in [9.17, 15) is 9.18 Å². The van der Waals surface area contributed by atoms with Gasteiger partial charge in [-0.25, -0.2) is 4.39 Å². The van der Waals surface area contributed by atoms with E-state index in [0.29, 0.717) is 0 Å². The highest BCUT2D eigenvalue weighted by atomic mass is 19.1. The standard InChI is InChI=1S/C23H23FN2O/c1-2-23(25)14-19(23)17-10-11-21(20(24)12-17)26-22(27)13-16-8-5-7-15-6-3-4-9-18(15)16/h3-12,19H,2,13-14,25H2,1H3,(H,26,27)/t19-,23+/m0/s1. The van der Waals surface area contributed by atoms with Gasteiger partial charge in [0.2, 0.25) is 5.91 Å². The molecule has 4 heteroatoms. The van der Waals surface area contributed by atoms with Gasteiger partial charge in [0.25, 0.3) is 0 Å². The quantitative estimate of drug-likeness (QED) is 0.688. The molecule has 0 bridgehead atoms. The van der Waals surface area contributed by atoms with Crippen molar-refractivity contribution in [1.29, 1.82) is 0 Å². The molecule has 0 heterocycles. The van der Waals surface area contributed by atoms with Crippen LogP contribution in [0, 0.1) is 5.82 Å². The van der Waals surface area contributed by atoms with E-state index in [2.05, 4.69) is 12.2 Å². The monoisotopic (exact) mass is 362 g/mol. The molecule has 0 spiro atoms. The second-order valence-electron chi connectivity index (χ2n) is 7.45. The third-order valence-electron chi connectivity index (χ3n) is 5.68. The zero-order valence-corrected chi connectivity index (χ0v) is 15.3. The van der Waals surface area contributed by atoms with E-state index >= 15 is 0 Å². The zero-order valence-electron chi connectivity index (χ0n) is 15.3. The molecule has 138 valence electrons. The van der Waals surface area contributed by atoms with E-state index in [4.69, 9.17) is 5.73 Å². The first kappa shape index (κ1) is 17.7. The summed E-state index contributed by atoms with van der Waals surface area (Å²) in [5.74, 6) is -0.437. The van der Waals surface area contributed by atoms with Crippen molar-refractivity contribution in [3.8, 4) is 0 Å². The average Bonchev–Trinajstić information content (AvgIpc) is 3.36. The fourth-order valence-corrected chi connectivity index (χ4v) is 3.83. The molecule has 0 radical (unpaired) electrons. The Hall–Kier alpha value is -2.72. The lowest BCUT2D eigenvalue weighted by Crippen LogP contribution is -2.22. The van der Waals surface area contributed by atoms with Crippen LogP contribution in [0.1, 0.15) is 36.8 Å². The summed E-state index contributed by atoms with van der Waals surface area (Å²) in [7, 11) is 0. The summed E-state index contributed by atoms with van der Waals surface area (Å²) < 4.78 is 14.5. The van der Waals surface area contributed by atoms with E-state index in [1.165, 1.54) is 6.07 Å². The van der Waals surface area contributed by atoms with Crippen molar-refractivity contribution in [1.82, 2.24) is 0 Å². The van der Waals surface area contributed by atoms with Crippen LogP contribution in [0.2, 0.25) is 0 Å².